The number of anilines is 1. The quantitative estimate of drug-likeness (QED) is 0.489. The Morgan fingerprint density at radius 3 is 2.74 bits per heavy atom. The second-order valence-corrected chi connectivity index (χ2v) is 5.18. The SMILES string of the molecule is CCC(=CCSc1nnc(N)n1C(C)C)C(=O)OC. The molecule has 1 rings (SSSR count). The van der Waals surface area contributed by atoms with Crippen LogP contribution in [0.3, 0.4) is 0 Å². The van der Waals surface area contributed by atoms with Crippen molar-refractivity contribution in [1.82, 2.24) is 14.8 Å². The van der Waals surface area contributed by atoms with E-state index < -0.39 is 0 Å². The third-order valence-corrected chi connectivity index (χ3v) is 3.45. The van der Waals surface area contributed by atoms with Crippen molar-refractivity contribution in [3.63, 3.8) is 0 Å². The smallest absolute Gasteiger partial charge is 0.333 e. The molecule has 1 aromatic heterocycles. The molecule has 0 saturated heterocycles. The van der Waals surface area contributed by atoms with E-state index in [2.05, 4.69) is 10.2 Å². The summed E-state index contributed by atoms with van der Waals surface area (Å²) in [5.74, 6) is 0.751. The van der Waals surface area contributed by atoms with Gasteiger partial charge in [-0.1, -0.05) is 24.8 Å². The van der Waals surface area contributed by atoms with Gasteiger partial charge in [-0.2, -0.15) is 0 Å². The number of nitrogens with two attached hydrogens (primary N) is 1. The van der Waals surface area contributed by atoms with Crippen molar-refractivity contribution < 1.29 is 9.53 Å². The van der Waals surface area contributed by atoms with Gasteiger partial charge in [-0.15, -0.1) is 10.2 Å². The second kappa shape index (κ2) is 7.18. The van der Waals surface area contributed by atoms with E-state index in [1.165, 1.54) is 18.9 Å². The Balaban J connectivity index is 2.72. The summed E-state index contributed by atoms with van der Waals surface area (Å²) in [5.41, 5.74) is 6.42. The summed E-state index contributed by atoms with van der Waals surface area (Å²) in [6.07, 6.45) is 2.50. The monoisotopic (exact) mass is 284 g/mol. The molecule has 6 nitrogen and oxygen atoms in total. The number of aromatic nitrogens is 3. The molecule has 0 aromatic carbocycles. The molecule has 1 aromatic rings. The van der Waals surface area contributed by atoms with Crippen LogP contribution in [0.1, 0.15) is 33.2 Å². The van der Waals surface area contributed by atoms with Crippen molar-refractivity contribution in [2.24, 2.45) is 0 Å². The van der Waals surface area contributed by atoms with Crippen LogP contribution >= 0.6 is 11.8 Å². The van der Waals surface area contributed by atoms with Crippen molar-refractivity contribution in [1.29, 1.82) is 0 Å². The Morgan fingerprint density at radius 1 is 1.53 bits per heavy atom. The topological polar surface area (TPSA) is 83.0 Å². The molecule has 7 heteroatoms. The zero-order valence-corrected chi connectivity index (χ0v) is 12.5. The van der Waals surface area contributed by atoms with Gasteiger partial charge in [0.2, 0.25) is 5.95 Å². The Hall–Kier alpha value is -1.50. The van der Waals surface area contributed by atoms with Gasteiger partial charge < -0.3 is 10.5 Å². The highest BCUT2D eigenvalue weighted by Crippen LogP contribution is 2.23. The van der Waals surface area contributed by atoms with E-state index in [-0.39, 0.29) is 12.0 Å². The average Bonchev–Trinajstić information content (AvgIpc) is 2.75. The van der Waals surface area contributed by atoms with Gasteiger partial charge in [0.25, 0.3) is 0 Å². The third-order valence-electron chi connectivity index (χ3n) is 2.58. The number of hydrogen-bond donors (Lipinski definition) is 1. The van der Waals surface area contributed by atoms with E-state index in [1.807, 2.05) is 31.4 Å². The minimum Gasteiger partial charge on any atom is -0.466 e. The number of carbonyl (C=O) groups excluding carboxylic acids is 1. The first kappa shape index (κ1) is 15.6. The first-order chi connectivity index (χ1) is 9.01. The van der Waals surface area contributed by atoms with Gasteiger partial charge in [-0.3, -0.25) is 4.57 Å². The van der Waals surface area contributed by atoms with Gasteiger partial charge in [0, 0.05) is 17.4 Å². The van der Waals surface area contributed by atoms with Gasteiger partial charge in [-0.25, -0.2) is 4.79 Å². The van der Waals surface area contributed by atoms with Gasteiger partial charge >= 0.3 is 5.97 Å². The lowest BCUT2D eigenvalue weighted by Crippen LogP contribution is -2.07. The van der Waals surface area contributed by atoms with Gasteiger partial charge in [-0.05, 0) is 20.3 Å². The standard InChI is InChI=1S/C12H20N4O2S/c1-5-9(10(17)18-4)6-7-19-12-15-14-11(13)16(12)8(2)3/h6,8H,5,7H2,1-4H3,(H2,13,14). The van der Waals surface area contributed by atoms with Crippen LogP contribution in [0, 0.1) is 0 Å². The summed E-state index contributed by atoms with van der Waals surface area (Å²) < 4.78 is 6.57. The minimum absolute atomic E-state index is 0.202. The lowest BCUT2D eigenvalue weighted by atomic mass is 10.2. The maximum atomic E-state index is 11.4. The fourth-order valence-corrected chi connectivity index (χ4v) is 2.57. The van der Waals surface area contributed by atoms with E-state index in [9.17, 15) is 4.79 Å². The van der Waals surface area contributed by atoms with Gasteiger partial charge in [0.15, 0.2) is 5.16 Å². The number of carbonyl (C=O) groups is 1. The van der Waals surface area contributed by atoms with Crippen molar-refractivity contribution in [3.8, 4) is 0 Å². The maximum Gasteiger partial charge on any atom is 0.333 e. The van der Waals surface area contributed by atoms with Crippen molar-refractivity contribution >= 4 is 23.7 Å². The normalized spacial score (nSPS) is 11.9. The predicted molar refractivity (Wildman–Crippen MR) is 75.9 cm³/mol. The van der Waals surface area contributed by atoms with E-state index in [0.717, 1.165) is 5.16 Å². The summed E-state index contributed by atoms with van der Waals surface area (Å²) in [7, 11) is 1.38. The molecule has 0 radical (unpaired) electrons. The highest BCUT2D eigenvalue weighted by molar-refractivity contribution is 7.99. The molecule has 0 unspecified atom stereocenters. The van der Waals surface area contributed by atoms with Gasteiger partial charge in [0.05, 0.1) is 7.11 Å². The van der Waals surface area contributed by atoms with Crippen molar-refractivity contribution in [3.05, 3.63) is 11.6 Å². The molecule has 1 heterocycles. The molecule has 0 atom stereocenters. The highest BCUT2D eigenvalue weighted by atomic mass is 32.2. The number of methoxy groups -OCH3 is 1. The van der Waals surface area contributed by atoms with Crippen LogP contribution in [-0.4, -0.2) is 33.6 Å². The fraction of sp³-hybridized carbons (Fsp3) is 0.583. The Labute approximate surface area is 117 Å². The molecular weight excluding hydrogens is 264 g/mol. The fourth-order valence-electron chi connectivity index (χ4n) is 1.59. The molecule has 0 bridgehead atoms. The third kappa shape index (κ3) is 3.99. The number of nitrogen functional groups attached to an aromatic ring is 1. The summed E-state index contributed by atoms with van der Waals surface area (Å²) in [4.78, 5) is 11.4. The van der Waals surface area contributed by atoms with Crippen LogP contribution in [0.2, 0.25) is 0 Å². The predicted octanol–water partition coefficient (Wildman–Crippen LogP) is 2.04. The molecule has 2 N–H and O–H groups in total. The van der Waals surface area contributed by atoms with E-state index in [0.29, 0.717) is 23.7 Å². The lowest BCUT2D eigenvalue weighted by molar-refractivity contribution is -0.136. The molecule has 19 heavy (non-hydrogen) atoms. The van der Waals surface area contributed by atoms with Crippen LogP contribution in [0.4, 0.5) is 5.95 Å². The molecular formula is C12H20N4O2S. The van der Waals surface area contributed by atoms with Crippen molar-refractivity contribution in [2.45, 2.75) is 38.4 Å². The van der Waals surface area contributed by atoms with E-state index >= 15 is 0 Å². The molecule has 0 fully saturated rings. The van der Waals surface area contributed by atoms with E-state index in [4.69, 9.17) is 10.5 Å². The number of nitrogens with zero attached hydrogens (tertiary/aromatic N) is 3. The summed E-state index contributed by atoms with van der Waals surface area (Å²) in [6.45, 7) is 5.96. The molecule has 0 aliphatic rings. The first-order valence-corrected chi connectivity index (χ1v) is 7.10. The number of ether oxygens (including phenoxy) is 1. The second-order valence-electron chi connectivity index (χ2n) is 4.19. The number of rotatable bonds is 6. The molecule has 0 aliphatic carbocycles. The van der Waals surface area contributed by atoms with Crippen LogP contribution in [0.15, 0.2) is 16.8 Å². The highest BCUT2D eigenvalue weighted by Gasteiger charge is 2.13. The summed E-state index contributed by atoms with van der Waals surface area (Å²) >= 11 is 1.49. The maximum absolute atomic E-state index is 11.4. The summed E-state index contributed by atoms with van der Waals surface area (Å²) in [6, 6.07) is 0.202. The minimum atomic E-state index is -0.284. The molecule has 0 aliphatic heterocycles. The van der Waals surface area contributed by atoms with Crippen molar-refractivity contribution in [2.75, 3.05) is 18.6 Å². The first-order valence-electron chi connectivity index (χ1n) is 6.11. The van der Waals surface area contributed by atoms with Gasteiger partial charge in [0.1, 0.15) is 0 Å². The van der Waals surface area contributed by atoms with Crippen LogP contribution in [-0.2, 0) is 9.53 Å². The number of esters is 1. The van der Waals surface area contributed by atoms with Crippen LogP contribution in [0.25, 0.3) is 0 Å². The number of thioether (sulfide) groups is 1. The molecule has 106 valence electrons. The molecule has 0 spiro atoms. The summed E-state index contributed by atoms with van der Waals surface area (Å²) in [5, 5.41) is 8.65. The van der Waals surface area contributed by atoms with Crippen LogP contribution in [0.5, 0.6) is 0 Å². The Kier molecular flexibility index (Phi) is 5.88. The lowest BCUT2D eigenvalue weighted by Gasteiger charge is -2.10. The molecule has 0 saturated carbocycles. The largest absolute Gasteiger partial charge is 0.466 e. The van der Waals surface area contributed by atoms with Crippen LogP contribution < -0.4 is 5.73 Å². The average molecular weight is 284 g/mol. The Bertz CT molecular complexity index is 468. The molecule has 0 amide bonds. The zero-order chi connectivity index (χ0) is 14.4. The Morgan fingerprint density at radius 2 is 2.21 bits per heavy atom. The zero-order valence-electron chi connectivity index (χ0n) is 11.7. The number of hydrogen-bond acceptors (Lipinski definition) is 6. The van der Waals surface area contributed by atoms with E-state index in [1.54, 1.807) is 0 Å².